The van der Waals surface area contributed by atoms with Crippen molar-refractivity contribution in [3.8, 4) is 0 Å². The summed E-state index contributed by atoms with van der Waals surface area (Å²) in [6, 6.07) is 16.3. The molecule has 3 aliphatic heterocycles. The molecule has 0 aromatic heterocycles. The van der Waals surface area contributed by atoms with E-state index < -0.39 is 77.7 Å². The Hall–Kier alpha value is -6.72. The fraction of sp³-hybridized carbons (Fsp3) is 0.278. The second-order valence-corrected chi connectivity index (χ2v) is 16.0. The minimum absolute atomic E-state index is 0.0427. The smallest absolute Gasteiger partial charge is 0.345 e. The number of β-lactam (4-membered cyclic amide) rings is 1. The second kappa shape index (κ2) is 17.4. The van der Waals surface area contributed by atoms with Crippen LogP contribution in [0.1, 0.15) is 22.6 Å². The highest BCUT2D eigenvalue weighted by Gasteiger charge is 2.67. The standard InChI is InChI=1S/C36H33N7O14S2/c44-30(28(25-6-2-1-3-7-25)33(46)56-20-23-8-12-26(13-9-23)42(49)50)38-29-31(45)39-22-36(58-32(29)39,34(47)57-21-24-10-14-27(15-11-24)43(51)52)40-17-18-41(35(40)48)37-16-4-5-19-59(53,54)55/h1-16,28-29,32H,17-22H2,(H,38,44)(H,53,54,55)/t28?,29-,32-,36-/m1/s1. The molecule has 3 aromatic carbocycles. The molecule has 3 heterocycles. The number of ether oxygens (including phenoxy) is 2. The largest absolute Gasteiger partial charge is 0.460 e. The molecule has 0 bridgehead atoms. The average molecular weight is 852 g/mol. The third-order valence-corrected chi connectivity index (χ3v) is 11.6. The number of non-ortho nitro benzene ring substituents is 2. The molecule has 4 amide bonds. The highest BCUT2D eigenvalue weighted by molar-refractivity contribution is 8.02. The van der Waals surface area contributed by atoms with E-state index in [0.717, 1.165) is 34.0 Å². The number of nitrogens with one attached hydrogen (secondary N) is 1. The molecule has 3 aliphatic rings. The van der Waals surface area contributed by atoms with Crippen LogP contribution >= 0.6 is 11.8 Å². The van der Waals surface area contributed by atoms with E-state index in [0.29, 0.717) is 11.1 Å². The van der Waals surface area contributed by atoms with E-state index in [1.54, 1.807) is 18.2 Å². The summed E-state index contributed by atoms with van der Waals surface area (Å²) in [7, 11) is -4.28. The molecule has 0 saturated carbocycles. The number of hydrogen-bond donors (Lipinski definition) is 2. The van der Waals surface area contributed by atoms with E-state index in [1.807, 2.05) is 0 Å². The Balaban J connectivity index is 1.20. The molecule has 6 rings (SSSR count). The maximum Gasteiger partial charge on any atom is 0.345 e. The number of benzene rings is 3. The zero-order valence-electron chi connectivity index (χ0n) is 30.5. The van der Waals surface area contributed by atoms with Gasteiger partial charge in [-0.15, -0.1) is 0 Å². The van der Waals surface area contributed by atoms with Crippen molar-refractivity contribution in [3.63, 3.8) is 0 Å². The summed E-state index contributed by atoms with van der Waals surface area (Å²) in [6.45, 7) is -1.19. The maximum atomic E-state index is 14.1. The Morgan fingerprint density at radius 2 is 1.53 bits per heavy atom. The van der Waals surface area contributed by atoms with E-state index in [-0.39, 0.29) is 49.8 Å². The number of nitrogens with zero attached hydrogens (tertiary/aromatic N) is 6. The van der Waals surface area contributed by atoms with Crippen LogP contribution in [0.2, 0.25) is 0 Å². The summed E-state index contributed by atoms with van der Waals surface area (Å²) in [6.07, 6.45) is 3.39. The number of urea groups is 1. The SMILES string of the molecule is O=C(N[C@@H]1C(=O)N2C[C@@](C(=O)OCc3ccc([N+](=O)[O-])cc3)(N3CCN(N=CC=CCS(=O)(=O)O)C3=O)S[C@H]12)C(C(=O)OCc1ccc([N+](=O)[O-])cc1)c1ccccc1. The lowest BCUT2D eigenvalue weighted by Gasteiger charge is -2.41. The molecule has 0 radical (unpaired) electrons. The van der Waals surface area contributed by atoms with E-state index in [1.165, 1.54) is 71.6 Å². The first-order valence-electron chi connectivity index (χ1n) is 17.5. The van der Waals surface area contributed by atoms with Gasteiger partial charge in [0, 0.05) is 37.0 Å². The van der Waals surface area contributed by atoms with Gasteiger partial charge < -0.3 is 19.7 Å². The van der Waals surface area contributed by atoms with Gasteiger partial charge in [-0.25, -0.2) is 14.6 Å². The van der Waals surface area contributed by atoms with E-state index in [9.17, 15) is 52.6 Å². The molecule has 2 N–H and O–H groups in total. The zero-order valence-corrected chi connectivity index (χ0v) is 32.1. The number of carbonyl (C=O) groups excluding carboxylic acids is 5. The van der Waals surface area contributed by atoms with Crippen molar-refractivity contribution in [3.05, 3.63) is 128 Å². The zero-order chi connectivity index (χ0) is 42.5. The summed E-state index contributed by atoms with van der Waals surface area (Å²) in [5.41, 5.74) is 0.671. The molecular weight excluding hydrogens is 819 g/mol. The molecule has 23 heteroatoms. The van der Waals surface area contributed by atoms with Crippen molar-refractivity contribution in [1.29, 1.82) is 0 Å². The minimum Gasteiger partial charge on any atom is -0.460 e. The van der Waals surface area contributed by atoms with Crippen LogP contribution in [-0.2, 0) is 52.0 Å². The van der Waals surface area contributed by atoms with E-state index in [2.05, 4.69) is 10.4 Å². The van der Waals surface area contributed by atoms with Gasteiger partial charge in [-0.3, -0.25) is 44.1 Å². The third kappa shape index (κ3) is 9.37. The van der Waals surface area contributed by atoms with Crippen LogP contribution in [0.15, 0.2) is 96.1 Å². The second-order valence-electron chi connectivity index (χ2n) is 13.1. The summed E-state index contributed by atoms with van der Waals surface area (Å²) < 4.78 is 42.0. The van der Waals surface area contributed by atoms with Gasteiger partial charge in [-0.1, -0.05) is 48.2 Å². The Morgan fingerprint density at radius 3 is 2.10 bits per heavy atom. The Bertz CT molecular complexity index is 2330. The summed E-state index contributed by atoms with van der Waals surface area (Å²) in [4.78, 5) is 90.3. The van der Waals surface area contributed by atoms with Crippen molar-refractivity contribution in [1.82, 2.24) is 20.1 Å². The number of nitro benzene ring substituents is 2. The van der Waals surface area contributed by atoms with Gasteiger partial charge in [-0.05, 0) is 47.0 Å². The average Bonchev–Trinajstić information content (AvgIpc) is 3.77. The van der Waals surface area contributed by atoms with Crippen LogP contribution in [0.3, 0.4) is 0 Å². The van der Waals surface area contributed by atoms with Crippen LogP contribution in [-0.4, -0.2) is 115 Å². The molecule has 3 aromatic rings. The number of thioether (sulfide) groups is 1. The minimum atomic E-state index is -4.28. The summed E-state index contributed by atoms with van der Waals surface area (Å²) in [5, 5.41) is 28.8. The first-order chi connectivity index (χ1) is 28.1. The fourth-order valence-corrected chi connectivity index (χ4v) is 8.37. The van der Waals surface area contributed by atoms with Crippen LogP contribution in [0.25, 0.3) is 0 Å². The van der Waals surface area contributed by atoms with Crippen molar-refractivity contribution in [2.45, 2.75) is 35.4 Å². The molecule has 0 spiro atoms. The Labute approximate surface area is 338 Å². The fourth-order valence-electron chi connectivity index (χ4n) is 6.32. The maximum absolute atomic E-state index is 14.1. The molecule has 3 saturated heterocycles. The number of hydrazone groups is 1. The summed E-state index contributed by atoms with van der Waals surface area (Å²) >= 11 is 0.856. The molecule has 21 nitrogen and oxygen atoms in total. The lowest BCUT2D eigenvalue weighted by molar-refractivity contribution is -0.385. The molecule has 4 atom stereocenters. The van der Waals surface area contributed by atoms with Crippen LogP contribution < -0.4 is 5.32 Å². The van der Waals surface area contributed by atoms with Crippen LogP contribution in [0, 0.1) is 20.2 Å². The molecule has 308 valence electrons. The number of hydrogen-bond acceptors (Lipinski definition) is 15. The van der Waals surface area contributed by atoms with Gasteiger partial charge in [0.25, 0.3) is 21.5 Å². The number of esters is 2. The highest BCUT2D eigenvalue weighted by atomic mass is 32.2. The normalized spacial score (nSPS) is 20.7. The first-order valence-corrected chi connectivity index (χ1v) is 19.9. The van der Waals surface area contributed by atoms with E-state index >= 15 is 0 Å². The lowest BCUT2D eigenvalue weighted by atomic mass is 9.96. The van der Waals surface area contributed by atoms with Crippen molar-refractivity contribution in [2.24, 2.45) is 5.10 Å². The van der Waals surface area contributed by atoms with Gasteiger partial charge >= 0.3 is 18.0 Å². The van der Waals surface area contributed by atoms with Gasteiger partial charge in [0.15, 0.2) is 5.92 Å². The van der Waals surface area contributed by atoms with Gasteiger partial charge in [-0.2, -0.15) is 13.5 Å². The lowest BCUT2D eigenvalue weighted by Crippen LogP contribution is -2.68. The number of nitro groups is 2. The third-order valence-electron chi connectivity index (χ3n) is 9.29. The molecular formula is C36H33N7O14S2. The predicted octanol–water partition coefficient (Wildman–Crippen LogP) is 2.34. The predicted molar refractivity (Wildman–Crippen MR) is 206 cm³/mol. The first kappa shape index (κ1) is 41.9. The molecule has 1 unspecified atom stereocenters. The number of rotatable bonds is 16. The molecule has 59 heavy (non-hydrogen) atoms. The van der Waals surface area contributed by atoms with Crippen molar-refractivity contribution >= 4 is 69.3 Å². The van der Waals surface area contributed by atoms with Gasteiger partial charge in [0.2, 0.25) is 16.7 Å². The van der Waals surface area contributed by atoms with E-state index in [4.69, 9.17) is 14.0 Å². The monoisotopic (exact) mass is 851 g/mol. The summed E-state index contributed by atoms with van der Waals surface area (Å²) in [5.74, 6) is -5.71. The Morgan fingerprint density at radius 1 is 0.932 bits per heavy atom. The van der Waals surface area contributed by atoms with Crippen LogP contribution in [0.4, 0.5) is 16.2 Å². The van der Waals surface area contributed by atoms with Crippen molar-refractivity contribution in [2.75, 3.05) is 25.4 Å². The highest BCUT2D eigenvalue weighted by Crippen LogP contribution is 2.50. The van der Waals surface area contributed by atoms with Crippen molar-refractivity contribution < 1.29 is 56.3 Å². The molecule has 3 fully saturated rings. The molecule has 0 aliphatic carbocycles. The number of carbonyl (C=O) groups is 5. The van der Waals surface area contributed by atoms with Crippen LogP contribution in [0.5, 0.6) is 0 Å². The number of amides is 4. The number of fused-ring (bicyclic) bond motifs is 1. The van der Waals surface area contributed by atoms with Gasteiger partial charge in [0.05, 0.1) is 28.7 Å². The topological polar surface area (TPSA) is 279 Å². The quantitative estimate of drug-likeness (QED) is 0.0398. The Kier molecular flexibility index (Phi) is 12.4. The van der Waals surface area contributed by atoms with Gasteiger partial charge in [0.1, 0.15) is 24.6 Å². The number of allylic oxidation sites excluding steroid dienone is 1.